The lowest BCUT2D eigenvalue weighted by Crippen LogP contribution is -2.30. The minimum absolute atomic E-state index is 0.336. The van der Waals surface area contributed by atoms with Crippen LogP contribution in [0.4, 0.5) is 5.82 Å². The average molecular weight is 355 g/mol. The monoisotopic (exact) mass is 354 g/mol. The highest BCUT2D eigenvalue weighted by atomic mass is 35.5. The van der Waals surface area contributed by atoms with Gasteiger partial charge in [0, 0.05) is 6.20 Å². The molecule has 0 aliphatic carbocycles. The van der Waals surface area contributed by atoms with E-state index in [1.807, 2.05) is 30.3 Å². The maximum atomic E-state index is 12.4. The lowest BCUT2D eigenvalue weighted by molar-refractivity contribution is -0.123. The Morgan fingerprint density at radius 2 is 1.84 bits per heavy atom. The first kappa shape index (κ1) is 16.9. The lowest BCUT2D eigenvalue weighted by atomic mass is 10.0. The molecule has 2 aromatic carbocycles. The van der Waals surface area contributed by atoms with Gasteiger partial charge in [-0.3, -0.25) is 4.79 Å². The summed E-state index contributed by atoms with van der Waals surface area (Å²) in [5, 5.41) is 4.75. The summed E-state index contributed by atoms with van der Waals surface area (Å²) in [6.45, 7) is 1.51. The first-order valence-corrected chi connectivity index (χ1v) is 8.03. The highest BCUT2D eigenvalue weighted by molar-refractivity contribution is 6.30. The number of anilines is 1. The fourth-order valence-corrected chi connectivity index (χ4v) is 2.47. The predicted octanol–water partition coefficient (Wildman–Crippen LogP) is 4.07. The molecule has 0 saturated heterocycles. The second-order valence-electron chi connectivity index (χ2n) is 5.43. The molecule has 6 heteroatoms. The SMILES string of the molecule is CC(OC(=O)c1cccc2ccccc12)C(=O)Nc1ccc(Cl)cn1. The number of hydrogen-bond donors (Lipinski definition) is 1. The third-order valence-corrected chi connectivity index (χ3v) is 3.86. The molecule has 0 spiro atoms. The van der Waals surface area contributed by atoms with Gasteiger partial charge in [0.2, 0.25) is 0 Å². The number of nitrogens with zero attached hydrogens (tertiary/aromatic N) is 1. The van der Waals surface area contributed by atoms with Gasteiger partial charge in [-0.2, -0.15) is 0 Å². The highest BCUT2D eigenvalue weighted by Crippen LogP contribution is 2.20. The Bertz CT molecular complexity index is 920. The van der Waals surface area contributed by atoms with Crippen molar-refractivity contribution in [1.82, 2.24) is 4.98 Å². The number of esters is 1. The summed E-state index contributed by atoms with van der Waals surface area (Å²) >= 11 is 5.75. The molecule has 0 aliphatic heterocycles. The summed E-state index contributed by atoms with van der Waals surface area (Å²) in [5.74, 6) is -0.686. The number of fused-ring (bicyclic) bond motifs is 1. The molecule has 0 saturated carbocycles. The third kappa shape index (κ3) is 3.95. The van der Waals surface area contributed by atoms with Crippen LogP contribution in [0.1, 0.15) is 17.3 Å². The van der Waals surface area contributed by atoms with E-state index in [1.54, 1.807) is 24.3 Å². The number of rotatable bonds is 4. The van der Waals surface area contributed by atoms with Crippen LogP contribution in [-0.4, -0.2) is 23.0 Å². The number of carbonyl (C=O) groups excluding carboxylic acids is 2. The highest BCUT2D eigenvalue weighted by Gasteiger charge is 2.20. The van der Waals surface area contributed by atoms with Gasteiger partial charge in [-0.05, 0) is 35.9 Å². The third-order valence-electron chi connectivity index (χ3n) is 3.64. The van der Waals surface area contributed by atoms with Crippen LogP contribution in [0.3, 0.4) is 0 Å². The Morgan fingerprint density at radius 1 is 1.08 bits per heavy atom. The number of ether oxygens (including phenoxy) is 1. The molecule has 3 rings (SSSR count). The normalized spacial score (nSPS) is 11.8. The van der Waals surface area contributed by atoms with E-state index in [0.29, 0.717) is 16.4 Å². The molecular formula is C19H15ClN2O3. The van der Waals surface area contributed by atoms with Gasteiger partial charge in [-0.1, -0.05) is 48.0 Å². The van der Waals surface area contributed by atoms with Gasteiger partial charge in [0.25, 0.3) is 5.91 Å². The number of halogens is 1. The van der Waals surface area contributed by atoms with Crippen molar-refractivity contribution in [2.24, 2.45) is 0 Å². The van der Waals surface area contributed by atoms with E-state index in [1.165, 1.54) is 13.1 Å². The van der Waals surface area contributed by atoms with Gasteiger partial charge in [0.05, 0.1) is 10.6 Å². The Morgan fingerprint density at radius 3 is 2.60 bits per heavy atom. The van der Waals surface area contributed by atoms with Gasteiger partial charge in [-0.25, -0.2) is 9.78 Å². The molecule has 0 radical (unpaired) electrons. The number of carbonyl (C=O) groups is 2. The van der Waals surface area contributed by atoms with Gasteiger partial charge in [0.15, 0.2) is 6.10 Å². The number of nitrogens with one attached hydrogen (secondary N) is 1. The molecule has 1 unspecified atom stereocenters. The molecule has 1 N–H and O–H groups in total. The Kier molecular flexibility index (Phi) is 4.95. The van der Waals surface area contributed by atoms with E-state index in [9.17, 15) is 9.59 Å². The molecular weight excluding hydrogens is 340 g/mol. The number of benzene rings is 2. The van der Waals surface area contributed by atoms with E-state index < -0.39 is 18.0 Å². The fraction of sp³-hybridized carbons (Fsp3) is 0.105. The van der Waals surface area contributed by atoms with E-state index in [0.717, 1.165) is 10.8 Å². The van der Waals surface area contributed by atoms with Crippen molar-refractivity contribution >= 4 is 40.1 Å². The average Bonchev–Trinajstić information content (AvgIpc) is 2.63. The Labute approximate surface area is 149 Å². The molecule has 1 aromatic heterocycles. The second kappa shape index (κ2) is 7.32. The van der Waals surface area contributed by atoms with Crippen LogP contribution in [0.5, 0.6) is 0 Å². The Balaban J connectivity index is 1.71. The zero-order valence-electron chi connectivity index (χ0n) is 13.4. The molecule has 0 fully saturated rings. The van der Waals surface area contributed by atoms with Crippen LogP contribution in [-0.2, 0) is 9.53 Å². The number of amides is 1. The van der Waals surface area contributed by atoms with Crippen LogP contribution >= 0.6 is 11.6 Å². The molecule has 0 aliphatic rings. The topological polar surface area (TPSA) is 68.3 Å². The summed E-state index contributed by atoms with van der Waals surface area (Å²) in [6, 6.07) is 16.0. The molecule has 0 bridgehead atoms. The van der Waals surface area contributed by atoms with Crippen molar-refractivity contribution in [3.63, 3.8) is 0 Å². The maximum Gasteiger partial charge on any atom is 0.339 e. The van der Waals surface area contributed by atoms with Crippen molar-refractivity contribution in [3.8, 4) is 0 Å². The van der Waals surface area contributed by atoms with Crippen LogP contribution < -0.4 is 5.32 Å². The molecule has 3 aromatic rings. The predicted molar refractivity (Wildman–Crippen MR) is 96.7 cm³/mol. The summed E-state index contributed by atoms with van der Waals surface area (Å²) in [7, 11) is 0. The smallest absolute Gasteiger partial charge is 0.339 e. The van der Waals surface area contributed by atoms with Gasteiger partial charge in [0.1, 0.15) is 5.82 Å². The van der Waals surface area contributed by atoms with Crippen molar-refractivity contribution < 1.29 is 14.3 Å². The number of hydrogen-bond acceptors (Lipinski definition) is 4. The zero-order valence-corrected chi connectivity index (χ0v) is 14.2. The standard InChI is InChI=1S/C19H15ClN2O3/c1-12(18(23)22-17-10-9-14(20)11-21-17)25-19(24)16-8-4-6-13-5-2-3-7-15(13)16/h2-12H,1H3,(H,21,22,23). The van der Waals surface area contributed by atoms with Gasteiger partial charge in [-0.15, -0.1) is 0 Å². The number of pyridine rings is 1. The molecule has 25 heavy (non-hydrogen) atoms. The van der Waals surface area contributed by atoms with E-state index >= 15 is 0 Å². The fourth-order valence-electron chi connectivity index (χ4n) is 2.36. The van der Waals surface area contributed by atoms with Crippen molar-refractivity contribution in [2.75, 3.05) is 5.32 Å². The number of aromatic nitrogens is 1. The van der Waals surface area contributed by atoms with Gasteiger partial charge >= 0.3 is 5.97 Å². The minimum Gasteiger partial charge on any atom is -0.449 e. The second-order valence-corrected chi connectivity index (χ2v) is 5.86. The van der Waals surface area contributed by atoms with E-state index in [-0.39, 0.29) is 0 Å². The molecule has 5 nitrogen and oxygen atoms in total. The van der Waals surface area contributed by atoms with Crippen molar-refractivity contribution in [3.05, 3.63) is 71.4 Å². The lowest BCUT2D eigenvalue weighted by Gasteiger charge is -2.14. The van der Waals surface area contributed by atoms with E-state index in [2.05, 4.69) is 10.3 Å². The maximum absolute atomic E-state index is 12.4. The first-order chi connectivity index (χ1) is 12.0. The van der Waals surface area contributed by atoms with Crippen LogP contribution in [0.2, 0.25) is 5.02 Å². The molecule has 1 heterocycles. The molecule has 1 atom stereocenters. The summed E-state index contributed by atoms with van der Waals surface area (Å²) in [6.07, 6.45) is 0.452. The Hall–Kier alpha value is -2.92. The largest absolute Gasteiger partial charge is 0.449 e. The zero-order chi connectivity index (χ0) is 17.8. The van der Waals surface area contributed by atoms with Gasteiger partial charge < -0.3 is 10.1 Å². The summed E-state index contributed by atoms with van der Waals surface area (Å²) < 4.78 is 5.30. The van der Waals surface area contributed by atoms with Crippen LogP contribution in [0.15, 0.2) is 60.8 Å². The molecule has 1 amide bonds. The van der Waals surface area contributed by atoms with Crippen molar-refractivity contribution in [1.29, 1.82) is 0 Å². The van der Waals surface area contributed by atoms with Crippen LogP contribution in [0, 0.1) is 0 Å². The summed E-state index contributed by atoms with van der Waals surface area (Å²) in [4.78, 5) is 28.6. The summed E-state index contributed by atoms with van der Waals surface area (Å²) in [5.41, 5.74) is 0.419. The minimum atomic E-state index is -0.969. The van der Waals surface area contributed by atoms with Crippen LogP contribution in [0.25, 0.3) is 10.8 Å². The first-order valence-electron chi connectivity index (χ1n) is 7.66. The molecule has 126 valence electrons. The quantitative estimate of drug-likeness (QED) is 0.717. The van der Waals surface area contributed by atoms with E-state index in [4.69, 9.17) is 16.3 Å². The van der Waals surface area contributed by atoms with Crippen molar-refractivity contribution in [2.45, 2.75) is 13.0 Å².